The van der Waals surface area contributed by atoms with E-state index in [1.165, 1.54) is 7.11 Å². The van der Waals surface area contributed by atoms with Gasteiger partial charge in [-0.25, -0.2) is 4.79 Å². The molecule has 0 radical (unpaired) electrons. The lowest BCUT2D eigenvalue weighted by atomic mass is 9.90. The molecule has 2 unspecified atom stereocenters. The summed E-state index contributed by atoms with van der Waals surface area (Å²) in [5.41, 5.74) is -0.109. The molecule has 1 aromatic rings. The highest BCUT2D eigenvalue weighted by Gasteiger charge is 2.48. The minimum atomic E-state index is -0.895. The molecule has 1 fully saturated rings. The van der Waals surface area contributed by atoms with Crippen LogP contribution in [0.15, 0.2) is 6.20 Å². The summed E-state index contributed by atoms with van der Waals surface area (Å²) in [5, 5.41) is 4.40. The molecule has 0 aromatic carbocycles. The van der Waals surface area contributed by atoms with Gasteiger partial charge >= 0.3 is 12.1 Å². The van der Waals surface area contributed by atoms with E-state index in [-0.39, 0.29) is 31.5 Å². The van der Waals surface area contributed by atoms with E-state index in [4.69, 9.17) is 9.47 Å². The number of nitrogens with zero attached hydrogens (tertiary/aromatic N) is 4. The van der Waals surface area contributed by atoms with Crippen LogP contribution in [-0.4, -0.2) is 57.9 Å². The Morgan fingerprint density at radius 3 is 2.61 bits per heavy atom. The minimum absolute atomic E-state index is 0.0798. The zero-order valence-corrected chi connectivity index (χ0v) is 17.3. The lowest BCUT2D eigenvalue weighted by Crippen LogP contribution is -2.47. The van der Waals surface area contributed by atoms with Crippen molar-refractivity contribution in [2.45, 2.75) is 65.8 Å². The van der Waals surface area contributed by atoms with E-state index in [2.05, 4.69) is 5.10 Å². The number of fused-ring (bicyclic) bond motifs is 1. The molecule has 2 atom stereocenters. The number of hydrogen-bond acceptors (Lipinski definition) is 6. The first kappa shape index (κ1) is 20.2. The Labute approximate surface area is 164 Å². The van der Waals surface area contributed by atoms with Gasteiger partial charge < -0.3 is 14.4 Å². The molecule has 9 heteroatoms. The van der Waals surface area contributed by atoms with Crippen LogP contribution in [0.2, 0.25) is 0 Å². The molecule has 1 aromatic heterocycles. The molecule has 2 amide bonds. The van der Waals surface area contributed by atoms with Gasteiger partial charge in [-0.15, -0.1) is 0 Å². The summed E-state index contributed by atoms with van der Waals surface area (Å²) in [6, 6.07) is -0.0929. The van der Waals surface area contributed by atoms with Gasteiger partial charge in [0.2, 0.25) is 5.91 Å². The van der Waals surface area contributed by atoms with Crippen molar-refractivity contribution in [3.8, 4) is 0 Å². The fourth-order valence-electron chi connectivity index (χ4n) is 3.70. The van der Waals surface area contributed by atoms with E-state index in [1.807, 2.05) is 32.4 Å². The second kappa shape index (κ2) is 6.79. The van der Waals surface area contributed by atoms with Crippen LogP contribution in [0.25, 0.3) is 0 Å². The number of carbonyl (C=O) groups excluding carboxylic acids is 3. The molecule has 0 aliphatic carbocycles. The Bertz CT molecular complexity index is 812. The third-order valence-corrected chi connectivity index (χ3v) is 5.16. The number of ether oxygens (including phenoxy) is 2. The quantitative estimate of drug-likeness (QED) is 0.714. The van der Waals surface area contributed by atoms with Crippen LogP contribution in [-0.2, 0) is 32.2 Å². The Hall–Kier alpha value is -2.58. The molecule has 9 nitrogen and oxygen atoms in total. The summed E-state index contributed by atoms with van der Waals surface area (Å²) in [6.07, 6.45) is 1.31. The lowest BCUT2D eigenvalue weighted by Gasteiger charge is -2.36. The second-order valence-corrected chi connectivity index (χ2v) is 8.82. The molecule has 28 heavy (non-hydrogen) atoms. The van der Waals surface area contributed by atoms with Crippen molar-refractivity contribution in [3.63, 3.8) is 0 Å². The maximum atomic E-state index is 12.6. The number of aromatic nitrogens is 2. The normalized spacial score (nSPS) is 24.9. The lowest BCUT2D eigenvalue weighted by molar-refractivity contribution is -0.151. The van der Waals surface area contributed by atoms with Gasteiger partial charge in [-0.3, -0.25) is 19.2 Å². The summed E-state index contributed by atoms with van der Waals surface area (Å²) in [5.74, 6) is -0.570. The van der Waals surface area contributed by atoms with Crippen molar-refractivity contribution in [2.75, 3.05) is 18.6 Å². The number of esters is 1. The van der Waals surface area contributed by atoms with Gasteiger partial charge in [0.05, 0.1) is 49.2 Å². The summed E-state index contributed by atoms with van der Waals surface area (Å²) in [6.45, 7) is 10.1. The molecular formula is C19H28N4O5. The van der Waals surface area contributed by atoms with E-state index < -0.39 is 23.1 Å². The number of amides is 2. The molecule has 0 bridgehead atoms. The number of methoxy groups -OCH3 is 1. The van der Waals surface area contributed by atoms with E-state index in [0.29, 0.717) is 12.2 Å². The van der Waals surface area contributed by atoms with Gasteiger partial charge in [0.25, 0.3) is 0 Å². The average Bonchev–Trinajstić information content (AvgIpc) is 3.12. The topological polar surface area (TPSA) is 94.0 Å². The highest BCUT2D eigenvalue weighted by atomic mass is 16.6. The average molecular weight is 392 g/mol. The maximum absolute atomic E-state index is 12.6. The van der Waals surface area contributed by atoms with E-state index in [0.717, 1.165) is 5.69 Å². The third kappa shape index (κ3) is 3.57. The number of anilines is 1. The Morgan fingerprint density at radius 1 is 1.32 bits per heavy atom. The van der Waals surface area contributed by atoms with Crippen molar-refractivity contribution in [2.24, 2.45) is 5.41 Å². The molecule has 0 N–H and O–H groups in total. The van der Waals surface area contributed by atoms with Crippen LogP contribution in [0.5, 0.6) is 0 Å². The Kier molecular flexibility index (Phi) is 4.89. The number of hydrogen-bond donors (Lipinski definition) is 0. The van der Waals surface area contributed by atoms with Crippen LogP contribution in [0, 0.1) is 5.41 Å². The van der Waals surface area contributed by atoms with Crippen LogP contribution in [0.3, 0.4) is 0 Å². The molecule has 1 saturated heterocycles. The first-order chi connectivity index (χ1) is 12.9. The van der Waals surface area contributed by atoms with E-state index >= 15 is 0 Å². The molecule has 0 spiro atoms. The van der Waals surface area contributed by atoms with E-state index in [1.54, 1.807) is 22.9 Å². The van der Waals surface area contributed by atoms with Gasteiger partial charge in [-0.2, -0.15) is 5.10 Å². The van der Waals surface area contributed by atoms with Crippen molar-refractivity contribution in [3.05, 3.63) is 11.9 Å². The highest BCUT2D eigenvalue weighted by molar-refractivity contribution is 6.01. The van der Waals surface area contributed by atoms with Gasteiger partial charge in [-0.1, -0.05) is 0 Å². The predicted octanol–water partition coefficient (Wildman–Crippen LogP) is 1.94. The van der Waals surface area contributed by atoms with Gasteiger partial charge in [-0.05, 0) is 34.6 Å². The monoisotopic (exact) mass is 392 g/mol. The predicted molar refractivity (Wildman–Crippen MR) is 101 cm³/mol. The zero-order chi connectivity index (χ0) is 20.9. The van der Waals surface area contributed by atoms with Crippen molar-refractivity contribution in [1.82, 2.24) is 14.7 Å². The molecule has 0 saturated carbocycles. The third-order valence-electron chi connectivity index (χ3n) is 5.16. The molecular weight excluding hydrogens is 364 g/mol. The van der Waals surface area contributed by atoms with Gasteiger partial charge in [0.15, 0.2) is 0 Å². The number of rotatable bonds is 2. The van der Waals surface area contributed by atoms with Crippen molar-refractivity contribution >= 4 is 23.7 Å². The number of carbonyl (C=O) groups is 3. The summed E-state index contributed by atoms with van der Waals surface area (Å²) >= 11 is 0. The van der Waals surface area contributed by atoms with E-state index in [9.17, 15) is 14.4 Å². The molecule has 3 heterocycles. The molecule has 154 valence electrons. The summed E-state index contributed by atoms with van der Waals surface area (Å²) < 4.78 is 12.2. The standard InChI is InChI=1S/C19H28N4O5/c1-12-9-23-14(10-21(12)17(26)28-18(2,3)4)13(8-20-23)22-11-19(5,7-15(22)24)16(25)27-6/h8,12H,7,9-11H2,1-6H3. The first-order valence-corrected chi connectivity index (χ1v) is 9.38. The van der Waals surface area contributed by atoms with Gasteiger partial charge in [0.1, 0.15) is 5.60 Å². The minimum Gasteiger partial charge on any atom is -0.469 e. The summed E-state index contributed by atoms with van der Waals surface area (Å²) in [4.78, 5) is 40.6. The van der Waals surface area contributed by atoms with Crippen LogP contribution < -0.4 is 4.90 Å². The fourth-order valence-corrected chi connectivity index (χ4v) is 3.70. The van der Waals surface area contributed by atoms with Crippen molar-refractivity contribution < 1.29 is 23.9 Å². The van der Waals surface area contributed by atoms with Crippen LogP contribution in [0.4, 0.5) is 10.5 Å². The molecule has 2 aliphatic heterocycles. The maximum Gasteiger partial charge on any atom is 0.410 e. The smallest absolute Gasteiger partial charge is 0.410 e. The van der Waals surface area contributed by atoms with Crippen LogP contribution >= 0.6 is 0 Å². The fraction of sp³-hybridized carbons (Fsp3) is 0.684. The largest absolute Gasteiger partial charge is 0.469 e. The van der Waals surface area contributed by atoms with Gasteiger partial charge in [0, 0.05) is 13.0 Å². The SMILES string of the molecule is COC(=O)C1(C)CC(=O)N(c2cnn3c2CN(C(=O)OC(C)(C)C)C(C)C3)C1. The molecule has 2 aliphatic rings. The van der Waals surface area contributed by atoms with Crippen molar-refractivity contribution in [1.29, 1.82) is 0 Å². The van der Waals surface area contributed by atoms with Crippen LogP contribution in [0.1, 0.15) is 46.7 Å². The highest BCUT2D eigenvalue weighted by Crippen LogP contribution is 2.38. The summed E-state index contributed by atoms with van der Waals surface area (Å²) in [7, 11) is 1.32. The second-order valence-electron chi connectivity index (χ2n) is 8.82. The Balaban J connectivity index is 1.86. The zero-order valence-electron chi connectivity index (χ0n) is 17.3. The molecule has 3 rings (SSSR count). The Morgan fingerprint density at radius 2 is 2.00 bits per heavy atom. The first-order valence-electron chi connectivity index (χ1n) is 9.38.